The van der Waals surface area contributed by atoms with Crippen molar-refractivity contribution in [2.75, 3.05) is 6.61 Å². The Hall–Kier alpha value is -0.980. The van der Waals surface area contributed by atoms with Crippen LogP contribution in [-0.2, 0) is 12.8 Å². The van der Waals surface area contributed by atoms with E-state index in [1.807, 2.05) is 6.92 Å². The molecule has 0 spiro atoms. The third kappa shape index (κ3) is 2.50. The van der Waals surface area contributed by atoms with Gasteiger partial charge in [-0.15, -0.1) is 0 Å². The molecule has 14 heavy (non-hydrogen) atoms. The van der Waals surface area contributed by atoms with E-state index in [1.165, 1.54) is 11.1 Å². The smallest absolute Gasteiger partial charge is 0.125 e. The summed E-state index contributed by atoms with van der Waals surface area (Å²) in [4.78, 5) is 0. The van der Waals surface area contributed by atoms with Crippen LogP contribution in [0, 0.1) is 6.92 Å². The number of ether oxygens (including phenoxy) is 1. The summed E-state index contributed by atoms with van der Waals surface area (Å²) in [6.45, 7) is 8.81. The lowest BCUT2D eigenvalue weighted by Gasteiger charge is -2.13. The normalized spacial score (nSPS) is 10.2. The maximum absolute atomic E-state index is 5.68. The molecule has 1 rings (SSSR count). The molecule has 77 valence electrons. The lowest BCUT2D eigenvalue weighted by molar-refractivity contribution is 0.333. The quantitative estimate of drug-likeness (QED) is 0.693. The average molecular weight is 191 g/mol. The molecule has 0 aliphatic rings. The molecule has 0 fully saturated rings. The van der Waals surface area contributed by atoms with E-state index >= 15 is 0 Å². The van der Waals surface area contributed by atoms with Crippen LogP contribution in [0.3, 0.4) is 0 Å². The summed E-state index contributed by atoms with van der Waals surface area (Å²) in [5, 5.41) is 0. The summed E-state index contributed by atoms with van der Waals surface area (Å²) < 4.78 is 5.68. The molecule has 1 radical (unpaired) electrons. The van der Waals surface area contributed by atoms with E-state index in [0.717, 1.165) is 31.6 Å². The topological polar surface area (TPSA) is 9.23 Å². The van der Waals surface area contributed by atoms with E-state index in [4.69, 9.17) is 4.74 Å². The lowest BCUT2D eigenvalue weighted by atomic mass is 10.0. The molecule has 0 unspecified atom stereocenters. The van der Waals surface area contributed by atoms with Gasteiger partial charge in [-0.1, -0.05) is 32.0 Å². The Morgan fingerprint density at radius 1 is 1.21 bits per heavy atom. The molecular weight excluding hydrogens is 172 g/mol. The fourth-order valence-corrected chi connectivity index (χ4v) is 1.63. The van der Waals surface area contributed by atoms with E-state index in [-0.39, 0.29) is 0 Å². The van der Waals surface area contributed by atoms with Gasteiger partial charge in [0.1, 0.15) is 5.75 Å². The molecule has 0 atom stereocenters. The second-order valence-corrected chi connectivity index (χ2v) is 3.30. The molecule has 0 N–H and O–H groups in total. The van der Waals surface area contributed by atoms with Crippen molar-refractivity contribution in [1.29, 1.82) is 0 Å². The van der Waals surface area contributed by atoms with Crippen LogP contribution in [-0.4, -0.2) is 6.61 Å². The summed E-state index contributed by atoms with van der Waals surface area (Å²) in [5.41, 5.74) is 2.60. The van der Waals surface area contributed by atoms with Crippen LogP contribution in [0.4, 0.5) is 0 Å². The predicted octanol–water partition coefficient (Wildman–Crippen LogP) is 3.41. The zero-order chi connectivity index (χ0) is 10.4. The Balaban J connectivity index is 3.00. The number of para-hydroxylation sites is 1. The Bertz CT molecular complexity index is 279. The fraction of sp³-hybridized carbons (Fsp3) is 0.462. The fourth-order valence-electron chi connectivity index (χ4n) is 1.63. The highest BCUT2D eigenvalue weighted by Gasteiger charge is 2.06. The summed E-state index contributed by atoms with van der Waals surface area (Å²) >= 11 is 0. The van der Waals surface area contributed by atoms with Crippen LogP contribution in [0.15, 0.2) is 18.2 Å². The first kappa shape index (κ1) is 11.1. The van der Waals surface area contributed by atoms with E-state index in [0.29, 0.717) is 0 Å². The molecule has 0 amide bonds. The van der Waals surface area contributed by atoms with Gasteiger partial charge in [-0.25, -0.2) is 0 Å². The number of hydrogen-bond acceptors (Lipinski definition) is 1. The van der Waals surface area contributed by atoms with Crippen LogP contribution in [0.1, 0.15) is 31.4 Å². The highest BCUT2D eigenvalue weighted by molar-refractivity contribution is 5.41. The number of rotatable bonds is 5. The molecule has 0 aliphatic carbocycles. The van der Waals surface area contributed by atoms with Crippen LogP contribution in [0.2, 0.25) is 0 Å². The minimum atomic E-state index is 0.737. The van der Waals surface area contributed by atoms with Gasteiger partial charge in [0.05, 0.1) is 6.61 Å². The minimum Gasteiger partial charge on any atom is -0.493 e. The second-order valence-electron chi connectivity index (χ2n) is 3.30. The Morgan fingerprint density at radius 3 is 2.50 bits per heavy atom. The summed E-state index contributed by atoms with van der Waals surface area (Å²) in [6, 6.07) is 6.37. The SMILES string of the molecule is [CH2]CCc1cccc(CC)c1OCC. The van der Waals surface area contributed by atoms with Gasteiger partial charge in [0.2, 0.25) is 0 Å². The van der Waals surface area contributed by atoms with E-state index in [9.17, 15) is 0 Å². The molecule has 1 nitrogen and oxygen atoms in total. The van der Waals surface area contributed by atoms with Crippen molar-refractivity contribution in [2.45, 2.75) is 33.1 Å². The third-order valence-corrected chi connectivity index (χ3v) is 2.29. The van der Waals surface area contributed by atoms with Gasteiger partial charge < -0.3 is 4.74 Å². The maximum Gasteiger partial charge on any atom is 0.125 e. The molecule has 1 heteroatoms. The number of hydrogen-bond donors (Lipinski definition) is 0. The molecular formula is C13H19O. The van der Waals surface area contributed by atoms with Crippen molar-refractivity contribution in [3.63, 3.8) is 0 Å². The van der Waals surface area contributed by atoms with Gasteiger partial charge in [0.25, 0.3) is 0 Å². The maximum atomic E-state index is 5.68. The molecule has 0 heterocycles. The van der Waals surface area contributed by atoms with Crippen LogP contribution < -0.4 is 4.74 Å². The molecule has 1 aromatic rings. The van der Waals surface area contributed by atoms with Crippen molar-refractivity contribution in [3.8, 4) is 5.75 Å². The van der Waals surface area contributed by atoms with Gasteiger partial charge in [-0.05, 0) is 37.3 Å². The highest BCUT2D eigenvalue weighted by Crippen LogP contribution is 2.25. The van der Waals surface area contributed by atoms with Crippen molar-refractivity contribution >= 4 is 0 Å². The Morgan fingerprint density at radius 2 is 1.93 bits per heavy atom. The van der Waals surface area contributed by atoms with E-state index < -0.39 is 0 Å². The first-order valence-electron chi connectivity index (χ1n) is 5.36. The van der Waals surface area contributed by atoms with Gasteiger partial charge in [0.15, 0.2) is 0 Å². The van der Waals surface area contributed by atoms with Crippen molar-refractivity contribution in [1.82, 2.24) is 0 Å². The molecule has 0 bridgehead atoms. The zero-order valence-electron chi connectivity index (χ0n) is 9.18. The van der Waals surface area contributed by atoms with Crippen molar-refractivity contribution < 1.29 is 4.74 Å². The standard InChI is InChI=1S/C13H19O/c1-4-8-12-10-7-9-11(5-2)13(12)14-6-3/h7,9-10H,1,4-6,8H2,2-3H3. The number of benzene rings is 1. The molecule has 1 aromatic carbocycles. The summed E-state index contributed by atoms with van der Waals surface area (Å²) in [5.74, 6) is 1.08. The third-order valence-electron chi connectivity index (χ3n) is 2.29. The van der Waals surface area contributed by atoms with Crippen molar-refractivity contribution in [2.24, 2.45) is 0 Å². The van der Waals surface area contributed by atoms with Gasteiger partial charge in [-0.2, -0.15) is 0 Å². The monoisotopic (exact) mass is 191 g/mol. The van der Waals surface area contributed by atoms with Crippen LogP contribution >= 0.6 is 0 Å². The molecule has 0 aromatic heterocycles. The van der Waals surface area contributed by atoms with Gasteiger partial charge in [0, 0.05) is 0 Å². The molecule has 0 saturated heterocycles. The van der Waals surface area contributed by atoms with Crippen LogP contribution in [0.25, 0.3) is 0 Å². The Kier molecular flexibility index (Phi) is 4.51. The predicted molar refractivity (Wildman–Crippen MR) is 60.7 cm³/mol. The minimum absolute atomic E-state index is 0.737. The average Bonchev–Trinajstić information content (AvgIpc) is 2.21. The van der Waals surface area contributed by atoms with Gasteiger partial charge >= 0.3 is 0 Å². The van der Waals surface area contributed by atoms with Crippen LogP contribution in [0.5, 0.6) is 5.75 Å². The molecule has 0 saturated carbocycles. The van der Waals surface area contributed by atoms with E-state index in [2.05, 4.69) is 32.0 Å². The second kappa shape index (κ2) is 5.69. The van der Waals surface area contributed by atoms with Gasteiger partial charge in [-0.3, -0.25) is 0 Å². The first-order chi connectivity index (χ1) is 6.83. The largest absolute Gasteiger partial charge is 0.493 e. The first-order valence-corrected chi connectivity index (χ1v) is 5.36. The summed E-state index contributed by atoms with van der Waals surface area (Å²) in [7, 11) is 0. The zero-order valence-corrected chi connectivity index (χ0v) is 9.18. The summed E-state index contributed by atoms with van der Waals surface area (Å²) in [6.07, 6.45) is 2.96. The highest BCUT2D eigenvalue weighted by atomic mass is 16.5. The number of aryl methyl sites for hydroxylation is 2. The van der Waals surface area contributed by atoms with E-state index in [1.54, 1.807) is 0 Å². The lowest BCUT2D eigenvalue weighted by Crippen LogP contribution is -2.00. The Labute approximate surface area is 87.1 Å². The molecule has 0 aliphatic heterocycles. The van der Waals surface area contributed by atoms with Crippen molar-refractivity contribution in [3.05, 3.63) is 36.2 Å².